The fourth-order valence-electron chi connectivity index (χ4n) is 5.92. The number of aromatic amines is 1. The summed E-state index contributed by atoms with van der Waals surface area (Å²) in [6.45, 7) is -5.24. The number of halogens is 1. The van der Waals surface area contributed by atoms with Gasteiger partial charge in [0, 0.05) is 18.0 Å². The first kappa shape index (κ1) is 31.3. The van der Waals surface area contributed by atoms with Crippen LogP contribution in [0.1, 0.15) is 26.3 Å². The van der Waals surface area contributed by atoms with Crippen LogP contribution in [0.5, 0.6) is 0 Å². The molecule has 4 aromatic rings. The van der Waals surface area contributed by atoms with E-state index in [9.17, 15) is 18.6 Å². The molecule has 3 fully saturated rings. The highest BCUT2D eigenvalue weighted by molar-refractivity contribution is 8.44. The number of nitrogen functional groups attached to an aromatic ring is 1. The number of hydrogen-bond donors (Lipinski definition) is 4. The van der Waals surface area contributed by atoms with Gasteiger partial charge in [0.1, 0.15) is 41.8 Å². The molecule has 4 N–H and O–H groups in total. The van der Waals surface area contributed by atoms with E-state index in [0.717, 1.165) is 12.5 Å². The number of nitrogens with zero attached hydrogens (tertiary/aromatic N) is 6. The molecule has 3 aliphatic heterocycles. The SMILES string of the molecule is C[C@@H]1[C@@H]2OP(O)(=S)OC[C@H]3O[C@@H](n4cc(F)c5c(=O)[nH]cnc54)[C@H](OP(=O)(S)OC[C@H]2O[C@H]1n1cnc2c(N)ncnc21)[C@@H]3C. The van der Waals surface area contributed by atoms with Gasteiger partial charge in [-0.05, 0) is 11.8 Å². The molecule has 17 nitrogen and oxygen atoms in total. The average molecular weight is 705 g/mol. The number of nitrogens with two attached hydrogens (primary N) is 1. The predicted molar refractivity (Wildman–Crippen MR) is 161 cm³/mol. The van der Waals surface area contributed by atoms with Crippen LogP contribution in [0.4, 0.5) is 10.2 Å². The van der Waals surface area contributed by atoms with E-state index in [4.69, 9.17) is 45.1 Å². The molecule has 22 heteroatoms. The van der Waals surface area contributed by atoms with Crippen LogP contribution in [0.25, 0.3) is 22.2 Å². The van der Waals surface area contributed by atoms with Crippen LogP contribution >= 0.6 is 25.8 Å². The number of aromatic nitrogens is 7. The van der Waals surface area contributed by atoms with Gasteiger partial charge in [0.25, 0.3) is 5.56 Å². The normalized spacial score (nSPS) is 37.7. The van der Waals surface area contributed by atoms with Crippen molar-refractivity contribution in [3.05, 3.63) is 41.3 Å². The molecule has 45 heavy (non-hydrogen) atoms. The van der Waals surface area contributed by atoms with Gasteiger partial charge in [-0.25, -0.2) is 28.9 Å². The molecule has 0 aliphatic carbocycles. The standard InChI is InChI=1S/C23H27FN8O9P2S2/c1-9-12-4-36-42(34,44)40-16-10(2)22(32-8-30-15-18(25)26-6-28-20(15)32)39-13(16)5-37-43(35,45)41-17(9)23(38-12)31-3-11(24)14-19(31)27-7-29-21(14)33/h3,6-10,12-13,16-17,22-23H,4-5H2,1-2H3,(H,34,44)(H,35,45)(H2,25,26,28)(H,27,29,33)/t9-,10-,12-,13-,16+,17-,22-,23-,42?,43?/m1/s1. The minimum absolute atomic E-state index is 0.0310. The van der Waals surface area contributed by atoms with E-state index in [1.165, 1.54) is 17.2 Å². The van der Waals surface area contributed by atoms with Gasteiger partial charge in [-0.1, -0.05) is 26.1 Å². The Morgan fingerprint density at radius 3 is 2.60 bits per heavy atom. The van der Waals surface area contributed by atoms with Crippen LogP contribution in [-0.2, 0) is 43.9 Å². The van der Waals surface area contributed by atoms with Crippen LogP contribution in [0.2, 0.25) is 0 Å². The molecule has 0 saturated carbocycles. The van der Waals surface area contributed by atoms with Gasteiger partial charge in [0.2, 0.25) is 0 Å². The zero-order chi connectivity index (χ0) is 31.8. The monoisotopic (exact) mass is 704 g/mol. The molecule has 0 spiro atoms. The van der Waals surface area contributed by atoms with Crippen molar-refractivity contribution >= 4 is 65.6 Å². The molecular formula is C23H27FN8O9P2S2. The summed E-state index contributed by atoms with van der Waals surface area (Å²) in [6.07, 6.45) is -0.693. The van der Waals surface area contributed by atoms with Gasteiger partial charge < -0.3 is 38.7 Å². The van der Waals surface area contributed by atoms with Crippen molar-refractivity contribution in [3.63, 3.8) is 0 Å². The summed E-state index contributed by atoms with van der Waals surface area (Å²) in [5.74, 6) is -1.73. The van der Waals surface area contributed by atoms with Crippen molar-refractivity contribution in [2.75, 3.05) is 18.9 Å². The van der Waals surface area contributed by atoms with E-state index < -0.39 is 73.6 Å². The van der Waals surface area contributed by atoms with Gasteiger partial charge in [0.15, 0.2) is 29.2 Å². The van der Waals surface area contributed by atoms with Crippen LogP contribution in [-0.4, -0.2) is 76.6 Å². The fourth-order valence-corrected chi connectivity index (χ4v) is 8.95. The average Bonchev–Trinajstić information content (AvgIpc) is 3.71. The number of thiol groups is 1. The van der Waals surface area contributed by atoms with Crippen LogP contribution < -0.4 is 11.3 Å². The van der Waals surface area contributed by atoms with Crippen molar-refractivity contribution in [2.45, 2.75) is 50.7 Å². The number of ether oxygens (including phenoxy) is 2. The Hall–Kier alpha value is -2.35. The summed E-state index contributed by atoms with van der Waals surface area (Å²) in [5, 5.41) is -0.293. The van der Waals surface area contributed by atoms with Crippen molar-refractivity contribution < 1.29 is 41.4 Å². The second kappa shape index (κ2) is 11.4. The summed E-state index contributed by atoms with van der Waals surface area (Å²) in [7, 11) is 0. The number of fused-ring (bicyclic) bond motifs is 5. The van der Waals surface area contributed by atoms with Crippen LogP contribution in [0, 0.1) is 17.7 Å². The number of anilines is 1. The summed E-state index contributed by atoms with van der Waals surface area (Å²) in [4.78, 5) is 42.4. The number of nitrogens with one attached hydrogen (secondary N) is 1. The van der Waals surface area contributed by atoms with Crippen LogP contribution in [0.3, 0.4) is 0 Å². The highest BCUT2D eigenvalue weighted by atomic mass is 32.7. The van der Waals surface area contributed by atoms with Crippen molar-refractivity contribution in [1.29, 1.82) is 0 Å². The molecule has 0 aromatic carbocycles. The first-order chi connectivity index (χ1) is 21.3. The van der Waals surface area contributed by atoms with Gasteiger partial charge in [-0.3, -0.25) is 18.4 Å². The Kier molecular flexibility index (Phi) is 7.93. The van der Waals surface area contributed by atoms with Gasteiger partial charge >= 0.3 is 13.5 Å². The zero-order valence-electron chi connectivity index (χ0n) is 23.4. The molecule has 4 aromatic heterocycles. The lowest BCUT2D eigenvalue weighted by Gasteiger charge is -2.28. The smallest absolute Gasteiger partial charge is 0.382 e. The third-order valence-electron chi connectivity index (χ3n) is 8.17. The van der Waals surface area contributed by atoms with Crippen molar-refractivity contribution in [1.82, 2.24) is 34.1 Å². The maximum Gasteiger partial charge on any atom is 0.386 e. The Labute approximate surface area is 263 Å². The predicted octanol–water partition coefficient (Wildman–Crippen LogP) is 2.42. The van der Waals surface area contributed by atoms with E-state index in [-0.39, 0.29) is 30.1 Å². The molecule has 0 amide bonds. The lowest BCUT2D eigenvalue weighted by Crippen LogP contribution is -2.32. The first-order valence-electron chi connectivity index (χ1n) is 13.6. The van der Waals surface area contributed by atoms with E-state index in [2.05, 4.69) is 37.2 Å². The number of H-pyrrole nitrogens is 1. The fraction of sp³-hybridized carbons (Fsp3) is 0.522. The van der Waals surface area contributed by atoms with Crippen LogP contribution in [0.15, 0.2) is 30.0 Å². The van der Waals surface area contributed by atoms with Gasteiger partial charge in [-0.15, -0.1) is 0 Å². The molecule has 3 aliphatic rings. The maximum absolute atomic E-state index is 14.9. The zero-order valence-corrected chi connectivity index (χ0v) is 26.9. The van der Waals surface area contributed by atoms with Gasteiger partial charge in [-0.2, -0.15) is 0 Å². The minimum Gasteiger partial charge on any atom is -0.382 e. The van der Waals surface area contributed by atoms with Crippen molar-refractivity contribution in [2.24, 2.45) is 11.8 Å². The number of imidazole rings is 1. The largest absolute Gasteiger partial charge is 0.386 e. The molecule has 7 heterocycles. The summed E-state index contributed by atoms with van der Waals surface area (Å²) in [5.41, 5.74) is 5.99. The lowest BCUT2D eigenvalue weighted by molar-refractivity contribution is -0.0575. The Morgan fingerprint density at radius 2 is 1.80 bits per heavy atom. The molecule has 7 rings (SSSR count). The molecule has 242 valence electrons. The highest BCUT2D eigenvalue weighted by Gasteiger charge is 2.51. The molecule has 2 bridgehead atoms. The second-order valence-corrected chi connectivity index (χ2v) is 16.6. The first-order valence-corrected chi connectivity index (χ1v) is 18.9. The second-order valence-electron chi connectivity index (χ2n) is 10.9. The highest BCUT2D eigenvalue weighted by Crippen LogP contribution is 2.59. The topological polar surface area (TPSA) is 213 Å². The van der Waals surface area contributed by atoms with E-state index >= 15 is 0 Å². The van der Waals surface area contributed by atoms with E-state index in [1.54, 1.807) is 18.4 Å². The number of rotatable bonds is 2. The van der Waals surface area contributed by atoms with Gasteiger partial charge in [0.05, 0.1) is 32.0 Å². The molecule has 0 radical (unpaired) electrons. The Balaban J connectivity index is 1.21. The van der Waals surface area contributed by atoms with E-state index in [1.807, 2.05) is 0 Å². The Bertz CT molecular complexity index is 1950. The quantitative estimate of drug-likeness (QED) is 0.174. The third-order valence-corrected chi connectivity index (χ3v) is 11.3. The Morgan fingerprint density at radius 1 is 1.04 bits per heavy atom. The third kappa shape index (κ3) is 5.55. The summed E-state index contributed by atoms with van der Waals surface area (Å²) in [6, 6.07) is 0. The summed E-state index contributed by atoms with van der Waals surface area (Å²) >= 11 is 9.60. The summed E-state index contributed by atoms with van der Waals surface area (Å²) < 4.78 is 67.3. The molecule has 3 saturated heterocycles. The molecule has 2 unspecified atom stereocenters. The lowest BCUT2D eigenvalue weighted by atomic mass is 10.0. The van der Waals surface area contributed by atoms with Crippen molar-refractivity contribution in [3.8, 4) is 0 Å². The number of hydrogen-bond acceptors (Lipinski definition) is 14. The minimum atomic E-state index is -4.18. The molecular weight excluding hydrogens is 677 g/mol. The maximum atomic E-state index is 14.9. The van der Waals surface area contributed by atoms with E-state index in [0.29, 0.717) is 11.2 Å². The molecule has 10 atom stereocenters.